The number of benzene rings is 2. The minimum absolute atomic E-state index is 0.0700. The molecule has 156 valence electrons. The molecule has 0 unspecified atom stereocenters. The lowest BCUT2D eigenvalue weighted by molar-refractivity contribution is -0.113. The monoisotopic (exact) mass is 426 g/mol. The van der Waals surface area contributed by atoms with Crippen LogP contribution >= 0.6 is 11.8 Å². The number of aryl methyl sites for hydroxylation is 3. The highest BCUT2D eigenvalue weighted by atomic mass is 32.2. The van der Waals surface area contributed by atoms with Crippen LogP contribution in [0.2, 0.25) is 0 Å². The van der Waals surface area contributed by atoms with Crippen molar-refractivity contribution in [3.63, 3.8) is 0 Å². The quantitative estimate of drug-likeness (QED) is 0.521. The molecule has 0 aliphatic rings. The molecule has 7 nitrogen and oxygen atoms in total. The van der Waals surface area contributed by atoms with Gasteiger partial charge >= 0.3 is 0 Å². The molecule has 0 saturated heterocycles. The molecule has 0 aliphatic heterocycles. The molecule has 0 aliphatic carbocycles. The number of rotatable bonds is 7. The second kappa shape index (κ2) is 9.53. The highest BCUT2D eigenvalue weighted by molar-refractivity contribution is 7.99. The lowest BCUT2D eigenvalue weighted by Gasteiger charge is -2.12. The predicted octanol–water partition coefficient (Wildman–Crippen LogP) is 4.13. The van der Waals surface area contributed by atoms with Crippen LogP contribution in [0, 0.1) is 26.6 Å². The van der Waals surface area contributed by atoms with E-state index in [1.807, 2.05) is 32.9 Å². The number of amides is 1. The van der Waals surface area contributed by atoms with Gasteiger partial charge in [0.2, 0.25) is 17.8 Å². The molecule has 1 amide bonds. The summed E-state index contributed by atoms with van der Waals surface area (Å²) < 4.78 is 13.0. The number of hydrogen-bond acceptors (Lipinski definition) is 7. The topological polar surface area (TPSA) is 106 Å². The third kappa shape index (κ3) is 5.90. The fourth-order valence-corrected chi connectivity index (χ4v) is 3.68. The molecule has 30 heavy (non-hydrogen) atoms. The van der Waals surface area contributed by atoms with Gasteiger partial charge in [-0.15, -0.1) is 11.8 Å². The lowest BCUT2D eigenvalue weighted by Crippen LogP contribution is -2.16. The van der Waals surface area contributed by atoms with Crippen LogP contribution in [0.25, 0.3) is 0 Å². The molecule has 9 heteroatoms. The van der Waals surface area contributed by atoms with E-state index >= 15 is 0 Å². The molecule has 0 spiro atoms. The zero-order valence-electron chi connectivity index (χ0n) is 17.0. The van der Waals surface area contributed by atoms with Crippen molar-refractivity contribution in [1.82, 2.24) is 15.0 Å². The predicted molar refractivity (Wildman–Crippen MR) is 119 cm³/mol. The molecule has 0 bridgehead atoms. The van der Waals surface area contributed by atoms with Crippen molar-refractivity contribution in [3.05, 3.63) is 64.7 Å². The molecular formula is C21H23FN6OS. The molecule has 1 aromatic heterocycles. The van der Waals surface area contributed by atoms with Crippen LogP contribution in [-0.4, -0.2) is 26.6 Å². The Morgan fingerprint density at radius 2 is 1.73 bits per heavy atom. The third-order valence-corrected chi connectivity index (χ3v) is 5.13. The fraction of sp³-hybridized carbons (Fsp3) is 0.238. The van der Waals surface area contributed by atoms with E-state index < -0.39 is 0 Å². The van der Waals surface area contributed by atoms with Crippen molar-refractivity contribution >= 4 is 40.9 Å². The molecule has 2 aromatic carbocycles. The van der Waals surface area contributed by atoms with Crippen molar-refractivity contribution in [3.8, 4) is 0 Å². The zero-order valence-corrected chi connectivity index (χ0v) is 17.8. The van der Waals surface area contributed by atoms with Crippen molar-refractivity contribution in [2.75, 3.05) is 22.1 Å². The number of carbonyl (C=O) groups is 1. The summed E-state index contributed by atoms with van der Waals surface area (Å²) in [6, 6.07) is 9.89. The number of thioether (sulfide) groups is 1. The van der Waals surface area contributed by atoms with Gasteiger partial charge in [-0.2, -0.15) is 15.0 Å². The van der Waals surface area contributed by atoms with Crippen LogP contribution in [0.5, 0.6) is 0 Å². The summed E-state index contributed by atoms with van der Waals surface area (Å²) in [7, 11) is 0. The van der Waals surface area contributed by atoms with E-state index in [2.05, 4.69) is 25.6 Å². The van der Waals surface area contributed by atoms with Gasteiger partial charge < -0.3 is 16.4 Å². The van der Waals surface area contributed by atoms with Crippen LogP contribution in [0.1, 0.15) is 22.5 Å². The van der Waals surface area contributed by atoms with E-state index in [1.54, 1.807) is 12.1 Å². The highest BCUT2D eigenvalue weighted by Crippen LogP contribution is 2.22. The number of nitrogen functional groups attached to an aromatic ring is 1. The van der Waals surface area contributed by atoms with Gasteiger partial charge in [0.05, 0.1) is 11.5 Å². The second-order valence-electron chi connectivity index (χ2n) is 6.88. The van der Waals surface area contributed by atoms with E-state index in [4.69, 9.17) is 5.73 Å². The average molecular weight is 427 g/mol. The number of nitrogens with zero attached hydrogens (tertiary/aromatic N) is 3. The first-order chi connectivity index (χ1) is 14.3. The highest BCUT2D eigenvalue weighted by Gasteiger charge is 2.10. The number of halogens is 1. The van der Waals surface area contributed by atoms with Crippen molar-refractivity contribution < 1.29 is 9.18 Å². The number of anilines is 4. The number of carbonyl (C=O) groups excluding carboxylic acids is 1. The summed E-state index contributed by atoms with van der Waals surface area (Å²) in [5.74, 6) is 1.00. The van der Waals surface area contributed by atoms with E-state index in [1.165, 1.54) is 23.9 Å². The van der Waals surface area contributed by atoms with Crippen LogP contribution in [0.3, 0.4) is 0 Å². The molecule has 1 heterocycles. The van der Waals surface area contributed by atoms with Crippen LogP contribution in [0.4, 0.5) is 27.7 Å². The average Bonchev–Trinajstić information content (AvgIpc) is 2.66. The Morgan fingerprint density at radius 3 is 2.40 bits per heavy atom. The van der Waals surface area contributed by atoms with E-state index in [9.17, 15) is 9.18 Å². The first-order valence-corrected chi connectivity index (χ1v) is 10.4. The van der Waals surface area contributed by atoms with Gasteiger partial charge in [-0.1, -0.05) is 17.7 Å². The van der Waals surface area contributed by atoms with Gasteiger partial charge in [-0.05, 0) is 56.2 Å². The Hall–Kier alpha value is -3.20. The van der Waals surface area contributed by atoms with E-state index in [0.29, 0.717) is 17.3 Å². The summed E-state index contributed by atoms with van der Waals surface area (Å²) in [6.45, 7) is 5.99. The Bertz CT molecular complexity index is 1030. The van der Waals surface area contributed by atoms with Gasteiger partial charge in [-0.25, -0.2) is 4.39 Å². The van der Waals surface area contributed by atoms with E-state index in [0.717, 1.165) is 22.4 Å². The maximum atomic E-state index is 13.0. The molecular weight excluding hydrogens is 403 g/mol. The largest absolute Gasteiger partial charge is 0.368 e. The van der Waals surface area contributed by atoms with Gasteiger partial charge in [0, 0.05) is 11.4 Å². The molecule has 3 rings (SSSR count). The summed E-state index contributed by atoms with van der Waals surface area (Å²) in [4.78, 5) is 24.8. The van der Waals surface area contributed by atoms with Gasteiger partial charge in [-0.3, -0.25) is 4.79 Å². The maximum absolute atomic E-state index is 13.0. The van der Waals surface area contributed by atoms with Crippen LogP contribution < -0.4 is 16.4 Å². The fourth-order valence-electron chi connectivity index (χ4n) is 3.01. The Kier molecular flexibility index (Phi) is 6.83. The summed E-state index contributed by atoms with van der Waals surface area (Å²) in [5, 5.41) is 5.94. The normalized spacial score (nSPS) is 10.7. The Labute approximate surface area is 178 Å². The Balaban J connectivity index is 1.57. The Morgan fingerprint density at radius 1 is 1.07 bits per heavy atom. The van der Waals surface area contributed by atoms with Gasteiger partial charge in [0.25, 0.3) is 0 Å². The number of hydrogen-bond donors (Lipinski definition) is 3. The van der Waals surface area contributed by atoms with Gasteiger partial charge in [0.1, 0.15) is 11.6 Å². The molecule has 0 fully saturated rings. The number of aromatic nitrogens is 3. The molecule has 0 radical (unpaired) electrons. The van der Waals surface area contributed by atoms with Gasteiger partial charge in [0.15, 0.2) is 0 Å². The number of nitrogens with one attached hydrogen (secondary N) is 2. The smallest absolute Gasteiger partial charge is 0.234 e. The van der Waals surface area contributed by atoms with Crippen molar-refractivity contribution in [2.24, 2.45) is 0 Å². The third-order valence-electron chi connectivity index (χ3n) is 4.21. The summed E-state index contributed by atoms with van der Waals surface area (Å²) in [6.07, 6.45) is 0. The first kappa shape index (κ1) is 21.5. The van der Waals surface area contributed by atoms with Crippen molar-refractivity contribution in [2.45, 2.75) is 26.5 Å². The minimum atomic E-state index is -0.331. The molecule has 0 atom stereocenters. The number of nitrogens with two attached hydrogens (primary N) is 1. The summed E-state index contributed by atoms with van der Waals surface area (Å²) in [5.41, 5.74) is 10.5. The minimum Gasteiger partial charge on any atom is -0.368 e. The van der Waals surface area contributed by atoms with Crippen molar-refractivity contribution in [1.29, 1.82) is 0 Å². The van der Waals surface area contributed by atoms with Crippen LogP contribution in [0.15, 0.2) is 36.4 Å². The molecule has 0 saturated carbocycles. The zero-order chi connectivity index (χ0) is 21.7. The lowest BCUT2D eigenvalue weighted by atomic mass is 10.1. The summed E-state index contributed by atoms with van der Waals surface area (Å²) >= 11 is 1.38. The SMILES string of the molecule is Cc1cc(C)c(NC(=O)CSCc2nc(N)nc(Nc3ccc(F)cc3)n2)c(C)c1. The first-order valence-electron chi connectivity index (χ1n) is 9.28. The van der Waals surface area contributed by atoms with Crippen LogP contribution in [-0.2, 0) is 10.5 Å². The second-order valence-corrected chi connectivity index (χ2v) is 7.87. The molecule has 3 aromatic rings. The molecule has 4 N–H and O–H groups in total. The maximum Gasteiger partial charge on any atom is 0.234 e. The van der Waals surface area contributed by atoms with E-state index in [-0.39, 0.29) is 29.4 Å². The standard InChI is InChI=1S/C21H23FN6OS/c1-12-8-13(2)19(14(3)9-12)27-18(29)11-30-10-17-25-20(23)28-21(26-17)24-16-6-4-15(22)5-7-16/h4-9H,10-11H2,1-3H3,(H,27,29)(H3,23,24,25,26,28).